The van der Waals surface area contributed by atoms with Crippen LogP contribution in [0.15, 0.2) is 50.6 Å². The number of hydrogen-bond acceptors (Lipinski definition) is 12. The highest BCUT2D eigenvalue weighted by atomic mass is 16.5. The fraction of sp³-hybridized carbons (Fsp3) is 0.0500. The van der Waals surface area contributed by atoms with Crippen LogP contribution in [0.2, 0.25) is 0 Å². The summed E-state index contributed by atoms with van der Waals surface area (Å²) in [4.78, 5) is 52.0. The minimum atomic E-state index is -1.78. The van der Waals surface area contributed by atoms with Crippen LogP contribution in [0.25, 0.3) is 0 Å². The van der Waals surface area contributed by atoms with Gasteiger partial charge in [-0.15, -0.1) is 0 Å². The number of carbonyl (C=O) groups is 4. The molecule has 0 radical (unpaired) electrons. The Kier molecular flexibility index (Phi) is 5.27. The van der Waals surface area contributed by atoms with Gasteiger partial charge in [-0.05, 0) is 0 Å². The van der Waals surface area contributed by atoms with Gasteiger partial charge in [0, 0.05) is 18.2 Å². The zero-order valence-electron chi connectivity index (χ0n) is 16.5. The molecular formula is C20H11N3O10. The molecule has 0 atom stereocenters. The van der Waals surface area contributed by atoms with Crippen molar-refractivity contribution < 1.29 is 47.7 Å². The molecule has 3 aromatic heterocycles. The van der Waals surface area contributed by atoms with Gasteiger partial charge in [0.1, 0.15) is 24.4 Å². The van der Waals surface area contributed by atoms with Crippen molar-refractivity contribution in [3.63, 3.8) is 0 Å². The zero-order chi connectivity index (χ0) is 23.7. The van der Waals surface area contributed by atoms with Crippen molar-refractivity contribution in [2.75, 3.05) is 7.11 Å². The third kappa shape index (κ3) is 3.42. The van der Waals surface area contributed by atoms with Crippen molar-refractivity contribution >= 4 is 23.3 Å². The molecule has 0 aliphatic carbocycles. The maximum absolute atomic E-state index is 13.4. The Hall–Kier alpha value is -5.07. The van der Waals surface area contributed by atoms with Crippen LogP contribution in [0.5, 0.6) is 11.5 Å². The first-order chi connectivity index (χ1) is 15.9. The quantitative estimate of drug-likeness (QED) is 0.366. The first-order valence-electron chi connectivity index (χ1n) is 8.92. The number of phenols is 1. The second-order valence-electron chi connectivity index (χ2n) is 6.33. The first kappa shape index (κ1) is 21.2. The minimum Gasteiger partial charge on any atom is -0.504 e. The Morgan fingerprint density at radius 3 is 1.45 bits per heavy atom. The normalized spacial score (nSPS) is 10.7. The summed E-state index contributed by atoms with van der Waals surface area (Å²) in [7, 11) is 1.03. The number of ether oxygens (including phenoxy) is 1. The van der Waals surface area contributed by atoms with Crippen LogP contribution in [0, 0.1) is 0 Å². The topological polar surface area (TPSA) is 196 Å². The van der Waals surface area contributed by atoms with Gasteiger partial charge < -0.3 is 28.5 Å². The van der Waals surface area contributed by atoms with E-state index in [0.717, 1.165) is 44.1 Å². The van der Waals surface area contributed by atoms with E-state index in [1.165, 1.54) is 0 Å². The van der Waals surface area contributed by atoms with Gasteiger partial charge in [-0.2, -0.15) is 0 Å². The molecular weight excluding hydrogens is 442 g/mol. The van der Waals surface area contributed by atoms with Gasteiger partial charge in [0.2, 0.25) is 17.3 Å². The number of aromatic hydroxyl groups is 1. The van der Waals surface area contributed by atoms with E-state index in [1.807, 2.05) is 0 Å². The van der Waals surface area contributed by atoms with E-state index in [2.05, 4.69) is 29.0 Å². The van der Waals surface area contributed by atoms with Crippen LogP contribution in [-0.2, 0) is 0 Å². The molecule has 0 fully saturated rings. The Morgan fingerprint density at radius 1 is 0.727 bits per heavy atom. The van der Waals surface area contributed by atoms with E-state index in [1.54, 1.807) is 0 Å². The van der Waals surface area contributed by atoms with E-state index >= 15 is 0 Å². The number of hydrogen-bond donors (Lipinski definition) is 2. The predicted octanol–water partition coefficient (Wildman–Crippen LogP) is 1.76. The average molecular weight is 453 g/mol. The summed E-state index contributed by atoms with van der Waals surface area (Å²) < 4.78 is 19.1. The van der Waals surface area contributed by atoms with Gasteiger partial charge in [0.05, 0.1) is 23.8 Å². The summed E-state index contributed by atoms with van der Waals surface area (Å²) in [5.74, 6) is -6.73. The van der Waals surface area contributed by atoms with Gasteiger partial charge in [0.15, 0.2) is 28.6 Å². The monoisotopic (exact) mass is 453 g/mol. The molecule has 0 amide bonds. The summed E-state index contributed by atoms with van der Waals surface area (Å²) in [6, 6.07) is 3.41. The second kappa shape index (κ2) is 8.22. The predicted molar refractivity (Wildman–Crippen MR) is 101 cm³/mol. The largest absolute Gasteiger partial charge is 0.504 e. The van der Waals surface area contributed by atoms with Crippen LogP contribution in [0.4, 0.5) is 0 Å². The fourth-order valence-corrected chi connectivity index (χ4v) is 3.16. The molecule has 3 heterocycles. The van der Waals surface area contributed by atoms with Crippen molar-refractivity contribution in [3.8, 4) is 11.5 Å². The van der Waals surface area contributed by atoms with Crippen LogP contribution in [-0.4, -0.2) is 56.1 Å². The molecule has 1 aromatic carbocycles. The lowest BCUT2D eigenvalue weighted by molar-refractivity contribution is 0.0687. The number of carboxylic acid groups (broad SMARTS) is 1. The van der Waals surface area contributed by atoms with Gasteiger partial charge in [-0.1, -0.05) is 15.5 Å². The fourth-order valence-electron chi connectivity index (χ4n) is 3.16. The van der Waals surface area contributed by atoms with E-state index in [-0.39, 0.29) is 11.4 Å². The van der Waals surface area contributed by atoms with Crippen LogP contribution in [0.1, 0.15) is 58.5 Å². The van der Waals surface area contributed by atoms with Crippen molar-refractivity contribution in [1.29, 1.82) is 0 Å². The van der Waals surface area contributed by atoms with Gasteiger partial charge in [-0.3, -0.25) is 14.4 Å². The molecule has 2 N–H and O–H groups in total. The number of nitrogens with zero attached hydrogens (tertiary/aromatic N) is 3. The lowest BCUT2D eigenvalue weighted by atomic mass is 9.85. The molecule has 33 heavy (non-hydrogen) atoms. The number of ketones is 3. The Labute approximate surface area is 182 Å². The van der Waals surface area contributed by atoms with Crippen molar-refractivity contribution in [2.45, 2.75) is 0 Å². The Morgan fingerprint density at radius 2 is 1.12 bits per heavy atom. The van der Waals surface area contributed by atoms with Crippen LogP contribution < -0.4 is 4.74 Å². The minimum absolute atomic E-state index is 0.315. The first-order valence-corrected chi connectivity index (χ1v) is 8.92. The van der Waals surface area contributed by atoms with Crippen LogP contribution in [0.3, 0.4) is 0 Å². The molecule has 13 heteroatoms. The standard InChI is InChI=1S/C20H11N3O10/c1-30-19-13(17(26)10-4-7-33-23-10)11(15(24)8-2-5-31-21-8)12(14(18(19)27)20(28)29)16(25)9-3-6-32-22-9/h2-7,27H,1H3,(H,28,29). The van der Waals surface area contributed by atoms with Gasteiger partial charge in [-0.25, -0.2) is 4.79 Å². The van der Waals surface area contributed by atoms with Gasteiger partial charge in [0.25, 0.3) is 0 Å². The van der Waals surface area contributed by atoms with E-state index in [9.17, 15) is 29.4 Å². The molecule has 13 nitrogen and oxygen atoms in total. The summed E-state index contributed by atoms with van der Waals surface area (Å²) in [5.41, 5.74) is -4.27. The number of benzene rings is 1. The van der Waals surface area contributed by atoms with Crippen molar-refractivity contribution in [3.05, 3.63) is 76.3 Å². The maximum atomic E-state index is 13.4. The smallest absolute Gasteiger partial charge is 0.340 e. The molecule has 4 aromatic rings. The number of aromatic nitrogens is 3. The molecule has 0 unspecified atom stereocenters. The zero-order valence-corrected chi connectivity index (χ0v) is 16.5. The number of carboxylic acids is 1. The highest BCUT2D eigenvalue weighted by Crippen LogP contribution is 2.42. The highest BCUT2D eigenvalue weighted by Gasteiger charge is 2.39. The lowest BCUT2D eigenvalue weighted by Gasteiger charge is -2.18. The number of carbonyl (C=O) groups excluding carboxylic acids is 3. The SMILES string of the molecule is COc1c(O)c(C(=O)O)c(C(=O)c2ccon2)c(C(=O)c2ccon2)c1C(=O)c1ccon1. The molecule has 0 saturated carbocycles. The summed E-state index contributed by atoms with van der Waals surface area (Å²) in [6.07, 6.45) is 3.17. The van der Waals surface area contributed by atoms with Gasteiger partial charge >= 0.3 is 5.97 Å². The maximum Gasteiger partial charge on any atom is 0.340 e. The molecule has 166 valence electrons. The Balaban J connectivity index is 2.17. The van der Waals surface area contributed by atoms with E-state index < -0.39 is 62.8 Å². The summed E-state index contributed by atoms with van der Waals surface area (Å²) in [6.45, 7) is 0. The summed E-state index contributed by atoms with van der Waals surface area (Å²) >= 11 is 0. The second-order valence-corrected chi connectivity index (χ2v) is 6.33. The molecule has 0 saturated heterocycles. The Bertz CT molecular complexity index is 1370. The van der Waals surface area contributed by atoms with E-state index in [4.69, 9.17) is 4.74 Å². The van der Waals surface area contributed by atoms with E-state index in [0.29, 0.717) is 0 Å². The molecule has 4 rings (SSSR count). The molecule has 0 spiro atoms. The van der Waals surface area contributed by atoms with Crippen molar-refractivity contribution in [1.82, 2.24) is 15.5 Å². The molecule has 0 bridgehead atoms. The highest BCUT2D eigenvalue weighted by molar-refractivity contribution is 6.28. The number of rotatable bonds is 8. The van der Waals surface area contributed by atoms with Crippen LogP contribution >= 0.6 is 0 Å². The summed E-state index contributed by atoms with van der Waals surface area (Å²) in [5, 5.41) is 31.0. The molecule has 0 aliphatic rings. The average Bonchev–Trinajstić information content (AvgIpc) is 3.59. The van der Waals surface area contributed by atoms with Crippen molar-refractivity contribution in [2.24, 2.45) is 0 Å². The number of methoxy groups -OCH3 is 1. The number of aromatic carboxylic acids is 1. The molecule has 0 aliphatic heterocycles. The lowest BCUT2D eigenvalue weighted by Crippen LogP contribution is -2.23. The third-order valence-corrected chi connectivity index (χ3v) is 4.54. The third-order valence-electron chi connectivity index (χ3n) is 4.54.